The summed E-state index contributed by atoms with van der Waals surface area (Å²) in [6.45, 7) is 1.83. The molecule has 2 amide bonds. The van der Waals surface area contributed by atoms with Crippen molar-refractivity contribution in [1.29, 1.82) is 0 Å². The fourth-order valence-electron chi connectivity index (χ4n) is 1.93. The first-order chi connectivity index (χ1) is 9.51. The van der Waals surface area contributed by atoms with E-state index in [1.165, 1.54) is 7.11 Å². The molecule has 0 bridgehead atoms. The van der Waals surface area contributed by atoms with Gasteiger partial charge in [0.25, 0.3) is 5.91 Å². The van der Waals surface area contributed by atoms with Crippen LogP contribution in [0.3, 0.4) is 0 Å². The average molecular weight is 296 g/mol. The van der Waals surface area contributed by atoms with Crippen LogP contribution in [0.15, 0.2) is 17.2 Å². The number of hydrogen-bond donors (Lipinski definition) is 2. The van der Waals surface area contributed by atoms with Gasteiger partial charge in [0.2, 0.25) is 5.91 Å². The summed E-state index contributed by atoms with van der Waals surface area (Å²) in [7, 11) is 1.52. The van der Waals surface area contributed by atoms with Gasteiger partial charge in [0.15, 0.2) is 0 Å². The fourth-order valence-corrected chi connectivity index (χ4v) is 2.20. The number of nitrogens with one attached hydrogen (secondary N) is 2. The second-order valence-corrected chi connectivity index (χ2v) is 4.79. The van der Waals surface area contributed by atoms with Gasteiger partial charge in [-0.2, -0.15) is 5.10 Å². The summed E-state index contributed by atoms with van der Waals surface area (Å²) >= 11 is 5.97. The summed E-state index contributed by atoms with van der Waals surface area (Å²) in [5.41, 5.74) is 3.84. The van der Waals surface area contributed by atoms with Crippen LogP contribution < -0.4 is 15.5 Å². The number of methoxy groups -OCH3 is 1. The highest BCUT2D eigenvalue weighted by atomic mass is 35.5. The van der Waals surface area contributed by atoms with Crippen molar-refractivity contribution in [3.05, 3.63) is 22.7 Å². The number of aryl methyl sites for hydroxylation is 1. The summed E-state index contributed by atoms with van der Waals surface area (Å²) in [6.07, 6.45) is 0.553. The second kappa shape index (κ2) is 5.92. The number of carbonyl (C=O) groups is 2. The van der Waals surface area contributed by atoms with Crippen LogP contribution >= 0.6 is 11.6 Å². The van der Waals surface area contributed by atoms with Gasteiger partial charge >= 0.3 is 0 Å². The Morgan fingerprint density at radius 3 is 2.80 bits per heavy atom. The molecular weight excluding hydrogens is 282 g/mol. The number of halogens is 1. The number of nitrogens with zero attached hydrogens (tertiary/aromatic N) is 1. The molecule has 0 saturated heterocycles. The number of anilines is 1. The van der Waals surface area contributed by atoms with Gasteiger partial charge < -0.3 is 10.1 Å². The Hall–Kier alpha value is -2.08. The third-order valence-corrected chi connectivity index (χ3v) is 3.08. The van der Waals surface area contributed by atoms with Crippen molar-refractivity contribution in [3.8, 4) is 5.75 Å². The minimum absolute atomic E-state index is 0.197. The zero-order chi connectivity index (χ0) is 14.7. The minimum atomic E-state index is -0.384. The van der Waals surface area contributed by atoms with Crippen molar-refractivity contribution in [1.82, 2.24) is 5.43 Å². The van der Waals surface area contributed by atoms with Crippen LogP contribution in [0.5, 0.6) is 5.75 Å². The molecule has 6 nitrogen and oxygen atoms in total. The molecule has 1 aliphatic rings. The molecule has 0 unspecified atom stereocenters. The van der Waals surface area contributed by atoms with E-state index in [1.54, 1.807) is 12.1 Å². The zero-order valence-corrected chi connectivity index (χ0v) is 11.9. The van der Waals surface area contributed by atoms with Crippen LogP contribution in [0.25, 0.3) is 0 Å². The molecular formula is C13H14ClN3O3. The number of carbonyl (C=O) groups excluding carboxylic acids is 2. The Kier molecular flexibility index (Phi) is 4.24. The highest BCUT2D eigenvalue weighted by molar-refractivity contribution is 6.43. The monoisotopic (exact) mass is 295 g/mol. The Balaban J connectivity index is 2.22. The molecule has 0 fully saturated rings. The zero-order valence-electron chi connectivity index (χ0n) is 11.1. The van der Waals surface area contributed by atoms with E-state index in [4.69, 9.17) is 16.3 Å². The molecule has 0 saturated carbocycles. The van der Waals surface area contributed by atoms with Crippen molar-refractivity contribution in [2.24, 2.45) is 5.10 Å². The maximum absolute atomic E-state index is 12.1. The lowest BCUT2D eigenvalue weighted by atomic mass is 10.1. The molecule has 0 spiro atoms. The Bertz CT molecular complexity index is 599. The molecule has 0 radical (unpaired) electrons. The average Bonchev–Trinajstić information content (AvgIpc) is 2.39. The smallest absolute Gasteiger partial charge is 0.271 e. The van der Waals surface area contributed by atoms with E-state index in [2.05, 4.69) is 15.8 Å². The molecule has 1 aromatic carbocycles. The standard InChI is InChI=1S/C13H14ClN3O3/c1-7-5-8(14)6-10(12(7)20-2)15-13(19)9-3-4-11(18)17-16-9/h5-6H,3-4H2,1-2H3,(H,15,19)(H,17,18). The quantitative estimate of drug-likeness (QED) is 0.893. The predicted molar refractivity (Wildman–Crippen MR) is 76.2 cm³/mol. The Labute approximate surface area is 121 Å². The molecule has 1 aliphatic heterocycles. The van der Waals surface area contributed by atoms with Gasteiger partial charge in [-0.05, 0) is 24.6 Å². The number of ether oxygens (including phenoxy) is 1. The van der Waals surface area contributed by atoms with Crippen LogP contribution in [-0.2, 0) is 9.59 Å². The van der Waals surface area contributed by atoms with Gasteiger partial charge in [-0.1, -0.05) is 11.6 Å². The molecule has 1 aromatic rings. The van der Waals surface area contributed by atoms with Crippen LogP contribution in [0.1, 0.15) is 18.4 Å². The second-order valence-electron chi connectivity index (χ2n) is 4.35. The lowest BCUT2D eigenvalue weighted by Crippen LogP contribution is -2.32. The third kappa shape index (κ3) is 3.08. The Morgan fingerprint density at radius 1 is 1.45 bits per heavy atom. The van der Waals surface area contributed by atoms with Gasteiger partial charge in [-0.15, -0.1) is 0 Å². The van der Waals surface area contributed by atoms with E-state index < -0.39 is 0 Å². The first kappa shape index (κ1) is 14.3. The number of rotatable bonds is 3. The highest BCUT2D eigenvalue weighted by Gasteiger charge is 2.20. The van der Waals surface area contributed by atoms with Gasteiger partial charge in [-0.25, -0.2) is 5.43 Å². The molecule has 7 heteroatoms. The predicted octanol–water partition coefficient (Wildman–Crippen LogP) is 1.86. The first-order valence-electron chi connectivity index (χ1n) is 6.02. The molecule has 2 rings (SSSR count). The van der Waals surface area contributed by atoms with Crippen molar-refractivity contribution in [3.63, 3.8) is 0 Å². The van der Waals surface area contributed by atoms with Gasteiger partial charge in [0, 0.05) is 17.9 Å². The van der Waals surface area contributed by atoms with E-state index in [1.807, 2.05) is 6.92 Å². The van der Waals surface area contributed by atoms with E-state index in [-0.39, 0.29) is 23.9 Å². The largest absolute Gasteiger partial charge is 0.494 e. The van der Waals surface area contributed by atoms with E-state index in [0.717, 1.165) is 5.56 Å². The number of benzene rings is 1. The topological polar surface area (TPSA) is 79.8 Å². The van der Waals surface area contributed by atoms with Crippen LogP contribution in [0.2, 0.25) is 5.02 Å². The Morgan fingerprint density at radius 2 is 2.20 bits per heavy atom. The third-order valence-electron chi connectivity index (χ3n) is 2.86. The van der Waals surface area contributed by atoms with Crippen LogP contribution in [0, 0.1) is 6.92 Å². The lowest BCUT2D eigenvalue weighted by molar-refractivity contribution is -0.121. The molecule has 20 heavy (non-hydrogen) atoms. The number of amides is 2. The summed E-state index contributed by atoms with van der Waals surface area (Å²) < 4.78 is 5.25. The summed E-state index contributed by atoms with van der Waals surface area (Å²) in [4.78, 5) is 23.1. The summed E-state index contributed by atoms with van der Waals surface area (Å²) in [6, 6.07) is 3.35. The van der Waals surface area contributed by atoms with Crippen LogP contribution in [-0.4, -0.2) is 24.6 Å². The molecule has 0 aromatic heterocycles. The molecule has 0 aliphatic carbocycles. The maximum Gasteiger partial charge on any atom is 0.271 e. The molecule has 1 heterocycles. The first-order valence-corrected chi connectivity index (χ1v) is 6.40. The van der Waals surface area contributed by atoms with Crippen molar-refractivity contribution in [2.45, 2.75) is 19.8 Å². The minimum Gasteiger partial charge on any atom is -0.494 e. The normalized spacial score (nSPS) is 14.3. The SMILES string of the molecule is COc1c(C)cc(Cl)cc1NC(=O)C1=NNC(=O)CC1. The molecule has 0 atom stereocenters. The van der Waals surface area contributed by atoms with Gasteiger partial charge in [0.1, 0.15) is 11.5 Å². The summed E-state index contributed by atoms with van der Waals surface area (Å²) in [5, 5.41) is 6.93. The molecule has 106 valence electrons. The number of hydrazone groups is 1. The summed E-state index contributed by atoms with van der Waals surface area (Å²) in [5.74, 6) is -0.0362. The fraction of sp³-hybridized carbons (Fsp3) is 0.308. The van der Waals surface area contributed by atoms with Crippen molar-refractivity contribution < 1.29 is 14.3 Å². The van der Waals surface area contributed by atoms with Crippen molar-refractivity contribution in [2.75, 3.05) is 12.4 Å². The highest BCUT2D eigenvalue weighted by Crippen LogP contribution is 2.32. The lowest BCUT2D eigenvalue weighted by Gasteiger charge is -2.15. The van der Waals surface area contributed by atoms with E-state index >= 15 is 0 Å². The van der Waals surface area contributed by atoms with Crippen molar-refractivity contribution >= 4 is 34.8 Å². The van der Waals surface area contributed by atoms with Crippen LogP contribution in [0.4, 0.5) is 5.69 Å². The van der Waals surface area contributed by atoms with E-state index in [9.17, 15) is 9.59 Å². The van der Waals surface area contributed by atoms with Gasteiger partial charge in [0.05, 0.1) is 12.8 Å². The number of hydrogen-bond acceptors (Lipinski definition) is 4. The molecule has 2 N–H and O–H groups in total. The van der Waals surface area contributed by atoms with Gasteiger partial charge in [-0.3, -0.25) is 9.59 Å². The maximum atomic E-state index is 12.1. The van der Waals surface area contributed by atoms with E-state index in [0.29, 0.717) is 22.9 Å².